The number of ether oxygens (including phenoxy) is 1. The van der Waals surface area contributed by atoms with Crippen LogP contribution >= 0.6 is 11.6 Å². The molecule has 154 valence electrons. The van der Waals surface area contributed by atoms with Crippen LogP contribution in [0, 0.1) is 0 Å². The highest BCUT2D eigenvalue weighted by molar-refractivity contribution is 7.92. The van der Waals surface area contributed by atoms with E-state index in [2.05, 4.69) is 10.0 Å². The number of benzene rings is 3. The molecule has 0 aliphatic rings. The van der Waals surface area contributed by atoms with Gasteiger partial charge >= 0.3 is 0 Å². The summed E-state index contributed by atoms with van der Waals surface area (Å²) in [6.07, 6.45) is 2.96. The summed E-state index contributed by atoms with van der Waals surface area (Å²) < 4.78 is 32.7. The molecule has 0 saturated heterocycles. The highest BCUT2D eigenvalue weighted by Crippen LogP contribution is 2.22. The summed E-state index contributed by atoms with van der Waals surface area (Å²) in [6.45, 7) is 0. The smallest absolute Gasteiger partial charge is 0.261 e. The number of methoxy groups -OCH3 is 1. The van der Waals surface area contributed by atoms with Crippen molar-refractivity contribution in [2.24, 2.45) is 0 Å². The first-order chi connectivity index (χ1) is 14.4. The number of hydrogen-bond acceptors (Lipinski definition) is 4. The van der Waals surface area contributed by atoms with Gasteiger partial charge in [-0.25, -0.2) is 8.42 Å². The Balaban J connectivity index is 1.66. The van der Waals surface area contributed by atoms with E-state index >= 15 is 0 Å². The maximum atomic E-state index is 12.6. The van der Waals surface area contributed by atoms with Gasteiger partial charge in [0.25, 0.3) is 10.0 Å². The third kappa shape index (κ3) is 5.62. The zero-order valence-electron chi connectivity index (χ0n) is 16.0. The number of halogens is 1. The van der Waals surface area contributed by atoms with E-state index in [1.54, 1.807) is 48.5 Å². The molecule has 30 heavy (non-hydrogen) atoms. The number of rotatable bonds is 7. The SMILES string of the molecule is COc1cccc(NS(=O)(=O)c2ccc(NC(=O)/C=C/c3ccccc3Cl)cc2)c1. The fourth-order valence-corrected chi connectivity index (χ4v) is 3.83. The summed E-state index contributed by atoms with van der Waals surface area (Å²) in [4.78, 5) is 12.2. The van der Waals surface area contributed by atoms with E-state index in [-0.39, 0.29) is 10.8 Å². The topological polar surface area (TPSA) is 84.5 Å². The third-order valence-electron chi connectivity index (χ3n) is 4.07. The third-order valence-corrected chi connectivity index (χ3v) is 5.82. The van der Waals surface area contributed by atoms with Gasteiger partial charge in [-0.15, -0.1) is 0 Å². The van der Waals surface area contributed by atoms with E-state index in [9.17, 15) is 13.2 Å². The fraction of sp³-hybridized carbons (Fsp3) is 0.0455. The van der Waals surface area contributed by atoms with Gasteiger partial charge in [-0.05, 0) is 54.1 Å². The molecule has 3 aromatic carbocycles. The first-order valence-corrected chi connectivity index (χ1v) is 10.7. The van der Waals surface area contributed by atoms with Crippen LogP contribution in [0.4, 0.5) is 11.4 Å². The van der Waals surface area contributed by atoms with E-state index < -0.39 is 10.0 Å². The zero-order chi connectivity index (χ0) is 21.6. The quantitative estimate of drug-likeness (QED) is 0.514. The molecule has 0 unspecified atom stereocenters. The number of amides is 1. The Morgan fingerprint density at radius 3 is 2.40 bits per heavy atom. The molecule has 0 saturated carbocycles. The Morgan fingerprint density at radius 2 is 1.70 bits per heavy atom. The summed E-state index contributed by atoms with van der Waals surface area (Å²) in [5, 5.41) is 3.22. The normalized spacial score (nSPS) is 11.3. The Kier molecular flexibility index (Phi) is 6.76. The monoisotopic (exact) mass is 442 g/mol. The van der Waals surface area contributed by atoms with Gasteiger partial charge in [0.2, 0.25) is 5.91 Å². The lowest BCUT2D eigenvalue weighted by atomic mass is 10.2. The summed E-state index contributed by atoms with van der Waals surface area (Å²) in [6, 6.07) is 19.6. The standard InChI is InChI=1S/C22H19ClN2O4S/c1-29-19-7-4-6-18(15-19)25-30(27,28)20-12-10-17(11-13-20)24-22(26)14-9-16-5-2-3-8-21(16)23/h2-15,25H,1H3,(H,24,26)/b14-9+. The number of hydrogen-bond donors (Lipinski definition) is 2. The summed E-state index contributed by atoms with van der Waals surface area (Å²) in [5.74, 6) is 0.179. The molecule has 3 aromatic rings. The molecule has 0 heterocycles. The van der Waals surface area contributed by atoms with E-state index in [1.807, 2.05) is 6.07 Å². The molecule has 0 aliphatic carbocycles. The maximum Gasteiger partial charge on any atom is 0.261 e. The molecule has 6 nitrogen and oxygen atoms in total. The Bertz CT molecular complexity index is 1180. The molecule has 0 atom stereocenters. The second kappa shape index (κ2) is 9.47. The Hall–Kier alpha value is -3.29. The van der Waals surface area contributed by atoms with Crippen LogP contribution in [-0.2, 0) is 14.8 Å². The van der Waals surface area contributed by atoms with Crippen LogP contribution in [0.1, 0.15) is 5.56 Å². The number of carbonyl (C=O) groups excluding carboxylic acids is 1. The van der Waals surface area contributed by atoms with Crippen LogP contribution in [0.2, 0.25) is 5.02 Å². The predicted octanol–water partition coefficient (Wildman–Crippen LogP) is 4.80. The molecular formula is C22H19ClN2O4S. The molecule has 0 fully saturated rings. The second-order valence-corrected chi connectivity index (χ2v) is 8.30. The maximum absolute atomic E-state index is 12.6. The lowest BCUT2D eigenvalue weighted by Gasteiger charge is -2.10. The van der Waals surface area contributed by atoms with Crippen LogP contribution < -0.4 is 14.8 Å². The first kappa shape index (κ1) is 21.4. The summed E-state index contributed by atoms with van der Waals surface area (Å²) >= 11 is 6.05. The van der Waals surface area contributed by atoms with Crippen LogP contribution in [-0.4, -0.2) is 21.4 Å². The summed E-state index contributed by atoms with van der Waals surface area (Å²) in [7, 11) is -2.28. The van der Waals surface area contributed by atoms with Crippen LogP contribution in [0.15, 0.2) is 83.8 Å². The highest BCUT2D eigenvalue weighted by Gasteiger charge is 2.14. The number of carbonyl (C=O) groups is 1. The molecule has 2 N–H and O–H groups in total. The van der Waals surface area contributed by atoms with Crippen LogP contribution in [0.3, 0.4) is 0 Å². The molecule has 0 bridgehead atoms. The van der Waals surface area contributed by atoms with E-state index in [1.165, 1.54) is 37.5 Å². The van der Waals surface area contributed by atoms with Crippen molar-refractivity contribution >= 4 is 45.0 Å². The zero-order valence-corrected chi connectivity index (χ0v) is 17.6. The number of sulfonamides is 1. The second-order valence-electron chi connectivity index (χ2n) is 6.21. The van der Waals surface area contributed by atoms with Crippen molar-refractivity contribution in [3.05, 3.63) is 89.5 Å². The van der Waals surface area contributed by atoms with Crippen molar-refractivity contribution in [2.75, 3.05) is 17.1 Å². The lowest BCUT2D eigenvalue weighted by Crippen LogP contribution is -2.13. The minimum Gasteiger partial charge on any atom is -0.497 e. The van der Waals surface area contributed by atoms with Gasteiger partial charge in [0.1, 0.15) is 5.75 Å². The molecule has 0 aromatic heterocycles. The van der Waals surface area contributed by atoms with Crippen molar-refractivity contribution in [1.29, 1.82) is 0 Å². The van der Waals surface area contributed by atoms with Crippen LogP contribution in [0.5, 0.6) is 5.75 Å². The van der Waals surface area contributed by atoms with Crippen molar-refractivity contribution in [3.63, 3.8) is 0 Å². The molecule has 0 radical (unpaired) electrons. The largest absolute Gasteiger partial charge is 0.497 e. The van der Waals surface area contributed by atoms with Gasteiger partial charge in [-0.1, -0.05) is 35.9 Å². The molecular weight excluding hydrogens is 424 g/mol. The minimum absolute atomic E-state index is 0.0647. The lowest BCUT2D eigenvalue weighted by molar-refractivity contribution is -0.111. The Morgan fingerprint density at radius 1 is 0.967 bits per heavy atom. The molecule has 1 amide bonds. The van der Waals surface area contributed by atoms with E-state index in [0.717, 1.165) is 5.56 Å². The number of nitrogens with one attached hydrogen (secondary N) is 2. The minimum atomic E-state index is -3.78. The van der Waals surface area contributed by atoms with Gasteiger partial charge in [-0.2, -0.15) is 0 Å². The predicted molar refractivity (Wildman–Crippen MR) is 119 cm³/mol. The average Bonchev–Trinajstić information content (AvgIpc) is 2.73. The van der Waals surface area contributed by atoms with Gasteiger partial charge in [0.15, 0.2) is 0 Å². The van der Waals surface area contributed by atoms with Gasteiger partial charge in [0.05, 0.1) is 17.7 Å². The van der Waals surface area contributed by atoms with E-state index in [0.29, 0.717) is 22.1 Å². The summed E-state index contributed by atoms with van der Waals surface area (Å²) in [5.41, 5.74) is 1.57. The fourth-order valence-electron chi connectivity index (χ4n) is 2.58. The van der Waals surface area contributed by atoms with Crippen molar-refractivity contribution in [1.82, 2.24) is 0 Å². The van der Waals surface area contributed by atoms with Crippen LogP contribution in [0.25, 0.3) is 6.08 Å². The van der Waals surface area contributed by atoms with Gasteiger partial charge in [0, 0.05) is 22.9 Å². The van der Waals surface area contributed by atoms with Crippen molar-refractivity contribution in [2.45, 2.75) is 4.90 Å². The molecule has 8 heteroatoms. The molecule has 0 aliphatic heterocycles. The molecule has 3 rings (SSSR count). The van der Waals surface area contributed by atoms with Crippen molar-refractivity contribution in [3.8, 4) is 5.75 Å². The average molecular weight is 443 g/mol. The van der Waals surface area contributed by atoms with Gasteiger partial charge < -0.3 is 10.1 Å². The first-order valence-electron chi connectivity index (χ1n) is 8.88. The van der Waals surface area contributed by atoms with E-state index in [4.69, 9.17) is 16.3 Å². The van der Waals surface area contributed by atoms with Crippen molar-refractivity contribution < 1.29 is 17.9 Å². The molecule has 0 spiro atoms. The highest BCUT2D eigenvalue weighted by atomic mass is 35.5. The van der Waals surface area contributed by atoms with Gasteiger partial charge in [-0.3, -0.25) is 9.52 Å². The Labute approximate surface area is 180 Å². The number of anilines is 2.